The minimum atomic E-state index is -0.508. The van der Waals surface area contributed by atoms with E-state index < -0.39 is 11.9 Å². The lowest BCUT2D eigenvalue weighted by Crippen LogP contribution is -2.21. The molecule has 7 heteroatoms. The number of unbranched alkanes of at least 4 members (excludes halogenated alkanes) is 2. The van der Waals surface area contributed by atoms with Gasteiger partial charge in [-0.05, 0) is 60.4 Å². The van der Waals surface area contributed by atoms with E-state index in [9.17, 15) is 10.1 Å². The summed E-state index contributed by atoms with van der Waals surface area (Å²) in [7, 11) is 0. The van der Waals surface area contributed by atoms with Gasteiger partial charge in [0.2, 0.25) is 5.88 Å². The van der Waals surface area contributed by atoms with Crippen LogP contribution in [0.3, 0.4) is 0 Å². The fraction of sp³-hybridized carbons (Fsp3) is 0.312. The van der Waals surface area contributed by atoms with Crippen LogP contribution in [0.1, 0.15) is 67.4 Å². The molecule has 1 heterocycles. The molecule has 39 heavy (non-hydrogen) atoms. The van der Waals surface area contributed by atoms with Crippen LogP contribution in [0, 0.1) is 17.2 Å². The first-order valence-corrected chi connectivity index (χ1v) is 13.3. The number of benzene rings is 3. The zero-order valence-corrected chi connectivity index (χ0v) is 22.6. The quantitative estimate of drug-likeness (QED) is 0.168. The molecule has 0 saturated carbocycles. The highest BCUT2D eigenvalue weighted by Gasteiger charge is 2.31. The number of hydrogen-bond acceptors (Lipinski definition) is 7. The van der Waals surface area contributed by atoms with E-state index in [4.69, 9.17) is 24.7 Å². The van der Waals surface area contributed by atoms with Crippen molar-refractivity contribution in [3.05, 3.63) is 94.9 Å². The molecule has 3 aromatic rings. The highest BCUT2D eigenvalue weighted by molar-refractivity contribution is 5.91. The van der Waals surface area contributed by atoms with Crippen LogP contribution in [-0.4, -0.2) is 19.2 Å². The number of fused-ring (bicyclic) bond motifs is 1. The van der Waals surface area contributed by atoms with Gasteiger partial charge in [-0.1, -0.05) is 51.8 Å². The molecule has 7 nitrogen and oxygen atoms in total. The summed E-state index contributed by atoms with van der Waals surface area (Å²) in [6.45, 7) is 7.52. The first-order valence-electron chi connectivity index (χ1n) is 13.3. The third kappa shape index (κ3) is 6.91. The summed E-state index contributed by atoms with van der Waals surface area (Å²) in [5.74, 6) is 1.63. The van der Waals surface area contributed by atoms with E-state index in [2.05, 4.69) is 26.8 Å². The summed E-state index contributed by atoms with van der Waals surface area (Å²) in [6.07, 6.45) is 3.21. The number of ether oxygens (including phenoxy) is 4. The van der Waals surface area contributed by atoms with Crippen LogP contribution in [-0.2, 0) is 0 Å². The topological polar surface area (TPSA) is 104 Å². The standard InChI is InChI=1S/C32H34N2O5/c1-4-5-6-16-36-25-9-7-8-23(17-25)30-27-15-14-26(18-29(27)39-31(34)28(30)19-33)38-32(35)22-10-12-24(13-11-22)37-20-21(2)3/h7-15,17-18,21,30H,4-6,16,20,34H2,1-3H3. The second kappa shape index (κ2) is 12.9. The maximum atomic E-state index is 12.8. The second-order valence-corrected chi connectivity index (χ2v) is 9.87. The van der Waals surface area contributed by atoms with Gasteiger partial charge in [0.1, 0.15) is 34.6 Å². The number of rotatable bonds is 11. The predicted molar refractivity (Wildman–Crippen MR) is 149 cm³/mol. The average Bonchev–Trinajstić information content (AvgIpc) is 2.93. The van der Waals surface area contributed by atoms with Crippen LogP contribution in [0.5, 0.6) is 23.0 Å². The first kappa shape index (κ1) is 27.6. The zero-order valence-electron chi connectivity index (χ0n) is 22.6. The summed E-state index contributed by atoms with van der Waals surface area (Å²) >= 11 is 0. The van der Waals surface area contributed by atoms with Crippen molar-refractivity contribution in [3.8, 4) is 29.1 Å². The van der Waals surface area contributed by atoms with Crippen LogP contribution >= 0.6 is 0 Å². The van der Waals surface area contributed by atoms with Crippen molar-refractivity contribution in [2.45, 2.75) is 46.0 Å². The largest absolute Gasteiger partial charge is 0.494 e. The fourth-order valence-corrected chi connectivity index (χ4v) is 4.28. The highest BCUT2D eigenvalue weighted by atomic mass is 16.5. The smallest absolute Gasteiger partial charge is 0.343 e. The lowest BCUT2D eigenvalue weighted by molar-refractivity contribution is 0.0734. The van der Waals surface area contributed by atoms with Gasteiger partial charge in [0.25, 0.3) is 0 Å². The molecule has 4 rings (SSSR count). The number of carbonyl (C=O) groups is 1. The van der Waals surface area contributed by atoms with E-state index in [0.29, 0.717) is 47.5 Å². The number of nitrogens with zero attached hydrogens (tertiary/aromatic N) is 1. The van der Waals surface area contributed by atoms with Gasteiger partial charge in [-0.25, -0.2) is 4.79 Å². The lowest BCUT2D eigenvalue weighted by Gasteiger charge is -2.27. The van der Waals surface area contributed by atoms with Gasteiger partial charge in [-0.15, -0.1) is 0 Å². The van der Waals surface area contributed by atoms with Gasteiger partial charge in [0.15, 0.2) is 0 Å². The van der Waals surface area contributed by atoms with E-state index in [-0.39, 0.29) is 5.88 Å². The molecule has 0 saturated heterocycles. The molecule has 0 aliphatic carbocycles. The van der Waals surface area contributed by atoms with Gasteiger partial charge < -0.3 is 24.7 Å². The zero-order chi connectivity index (χ0) is 27.8. The molecule has 1 aliphatic rings. The van der Waals surface area contributed by atoms with Crippen molar-refractivity contribution in [1.82, 2.24) is 0 Å². The van der Waals surface area contributed by atoms with E-state index >= 15 is 0 Å². The molecule has 0 fully saturated rings. The van der Waals surface area contributed by atoms with E-state index in [0.717, 1.165) is 36.1 Å². The molecule has 1 unspecified atom stereocenters. The summed E-state index contributed by atoms with van der Waals surface area (Å²) in [5.41, 5.74) is 8.48. The van der Waals surface area contributed by atoms with Crippen LogP contribution in [0.15, 0.2) is 78.2 Å². The number of nitriles is 1. The molecule has 202 valence electrons. The molecule has 1 aliphatic heterocycles. The van der Waals surface area contributed by atoms with Crippen molar-refractivity contribution in [2.75, 3.05) is 13.2 Å². The SMILES string of the molecule is CCCCCOc1cccc(C2C(C#N)=C(N)Oc3cc(OC(=O)c4ccc(OCC(C)C)cc4)ccc32)c1. The Hall–Kier alpha value is -4.44. The maximum Gasteiger partial charge on any atom is 0.343 e. The van der Waals surface area contributed by atoms with Gasteiger partial charge in [0, 0.05) is 11.6 Å². The van der Waals surface area contributed by atoms with E-state index in [1.165, 1.54) is 0 Å². The highest BCUT2D eigenvalue weighted by Crippen LogP contribution is 2.44. The third-order valence-electron chi connectivity index (χ3n) is 6.28. The molecule has 3 aromatic carbocycles. The molecule has 0 spiro atoms. The second-order valence-electron chi connectivity index (χ2n) is 9.87. The Kier molecular flexibility index (Phi) is 9.11. The fourth-order valence-electron chi connectivity index (χ4n) is 4.28. The van der Waals surface area contributed by atoms with Crippen molar-refractivity contribution >= 4 is 5.97 Å². The Morgan fingerprint density at radius 1 is 1.00 bits per heavy atom. The van der Waals surface area contributed by atoms with Gasteiger partial charge in [-0.2, -0.15) is 5.26 Å². The van der Waals surface area contributed by atoms with Crippen LogP contribution in [0.25, 0.3) is 0 Å². The van der Waals surface area contributed by atoms with Crippen molar-refractivity contribution < 1.29 is 23.7 Å². The molecule has 0 bridgehead atoms. The summed E-state index contributed by atoms with van der Waals surface area (Å²) < 4.78 is 23.0. The van der Waals surface area contributed by atoms with Crippen molar-refractivity contribution in [2.24, 2.45) is 11.7 Å². The summed E-state index contributed by atoms with van der Waals surface area (Å²) in [6, 6.07) is 21.8. The average molecular weight is 527 g/mol. The van der Waals surface area contributed by atoms with Crippen LogP contribution in [0.2, 0.25) is 0 Å². The number of hydrogen-bond donors (Lipinski definition) is 1. The maximum absolute atomic E-state index is 12.8. The van der Waals surface area contributed by atoms with Crippen molar-refractivity contribution in [1.29, 1.82) is 5.26 Å². The molecule has 0 aromatic heterocycles. The van der Waals surface area contributed by atoms with Gasteiger partial charge in [-0.3, -0.25) is 0 Å². The van der Waals surface area contributed by atoms with Crippen LogP contribution < -0.4 is 24.7 Å². The van der Waals surface area contributed by atoms with Gasteiger partial charge >= 0.3 is 5.97 Å². The Labute approximate surface area is 229 Å². The predicted octanol–water partition coefficient (Wildman–Crippen LogP) is 6.73. The monoisotopic (exact) mass is 526 g/mol. The first-order chi connectivity index (χ1) is 18.9. The summed E-state index contributed by atoms with van der Waals surface area (Å²) in [4.78, 5) is 12.8. The molecule has 2 N–H and O–H groups in total. The number of esters is 1. The number of allylic oxidation sites excluding steroid dienone is 1. The number of nitrogens with two attached hydrogens (primary N) is 1. The Balaban J connectivity index is 1.53. The molecule has 1 atom stereocenters. The molecular weight excluding hydrogens is 492 g/mol. The molecular formula is C32H34N2O5. The van der Waals surface area contributed by atoms with E-state index in [1.807, 2.05) is 24.3 Å². The lowest BCUT2D eigenvalue weighted by atomic mass is 9.83. The minimum absolute atomic E-state index is 0.0183. The molecule has 0 amide bonds. The van der Waals surface area contributed by atoms with Crippen LogP contribution in [0.4, 0.5) is 0 Å². The Morgan fingerprint density at radius 3 is 2.49 bits per heavy atom. The van der Waals surface area contributed by atoms with Gasteiger partial charge in [0.05, 0.1) is 24.7 Å². The molecule has 0 radical (unpaired) electrons. The summed E-state index contributed by atoms with van der Waals surface area (Å²) in [5, 5.41) is 9.89. The third-order valence-corrected chi connectivity index (χ3v) is 6.28. The number of carbonyl (C=O) groups excluding carboxylic acids is 1. The Morgan fingerprint density at radius 2 is 1.77 bits per heavy atom. The van der Waals surface area contributed by atoms with E-state index in [1.54, 1.807) is 42.5 Å². The minimum Gasteiger partial charge on any atom is -0.494 e. The Bertz CT molecular complexity index is 1370. The van der Waals surface area contributed by atoms with Crippen molar-refractivity contribution in [3.63, 3.8) is 0 Å². The normalized spacial score (nSPS) is 14.3.